The molecular formula is C29H37FN4O4. The van der Waals surface area contributed by atoms with Crippen LogP contribution in [0.4, 0.5) is 14.9 Å². The molecule has 3 N–H and O–H groups in total. The van der Waals surface area contributed by atoms with Gasteiger partial charge in [-0.05, 0) is 92.3 Å². The number of aliphatic hydroxyl groups is 1. The number of amides is 4. The van der Waals surface area contributed by atoms with Crippen molar-refractivity contribution in [1.82, 2.24) is 15.1 Å². The molecule has 8 nitrogen and oxygen atoms in total. The first-order chi connectivity index (χ1) is 18.0. The third-order valence-corrected chi connectivity index (χ3v) is 7.37. The van der Waals surface area contributed by atoms with Gasteiger partial charge in [0.25, 0.3) is 0 Å². The topological polar surface area (TPSA) is 102 Å². The first-order valence-electron chi connectivity index (χ1n) is 13.2. The molecular weight excluding hydrogens is 487 g/mol. The zero-order valence-electron chi connectivity index (χ0n) is 22.3. The lowest BCUT2D eigenvalue weighted by molar-refractivity contribution is -0.146. The molecule has 1 heterocycles. The summed E-state index contributed by atoms with van der Waals surface area (Å²) in [4.78, 5) is 40.1. The van der Waals surface area contributed by atoms with Gasteiger partial charge in [0.05, 0.1) is 5.60 Å². The van der Waals surface area contributed by atoms with Gasteiger partial charge in [-0.2, -0.15) is 0 Å². The molecule has 4 rings (SSSR count). The number of nitrogens with zero attached hydrogens (tertiary/aromatic N) is 2. The molecule has 4 amide bonds. The van der Waals surface area contributed by atoms with Crippen molar-refractivity contribution in [2.24, 2.45) is 5.92 Å². The minimum Gasteiger partial charge on any atom is -0.389 e. The summed E-state index contributed by atoms with van der Waals surface area (Å²) < 4.78 is 13.5. The van der Waals surface area contributed by atoms with Gasteiger partial charge in [-0.25, -0.2) is 9.18 Å². The van der Waals surface area contributed by atoms with Gasteiger partial charge in [0, 0.05) is 38.9 Å². The van der Waals surface area contributed by atoms with Gasteiger partial charge in [0.15, 0.2) is 0 Å². The molecule has 1 aliphatic heterocycles. The second-order valence-electron chi connectivity index (χ2n) is 11.2. The van der Waals surface area contributed by atoms with E-state index in [2.05, 4.69) is 10.6 Å². The van der Waals surface area contributed by atoms with E-state index in [4.69, 9.17) is 0 Å². The van der Waals surface area contributed by atoms with Crippen molar-refractivity contribution in [3.8, 4) is 0 Å². The first kappa shape index (κ1) is 27.6. The van der Waals surface area contributed by atoms with Crippen LogP contribution >= 0.6 is 0 Å². The fourth-order valence-electron chi connectivity index (χ4n) is 5.39. The SMILES string of the molecule is CN(CC(C)(C)O)C(=O)C(=O)NCC1CCC(c2ccc(NC(=O)N3Cc4ccc(F)cc4C3)cc2)CC1. The van der Waals surface area contributed by atoms with E-state index in [1.54, 1.807) is 24.8 Å². The summed E-state index contributed by atoms with van der Waals surface area (Å²) in [6.07, 6.45) is 3.88. The molecule has 0 bridgehead atoms. The average Bonchev–Trinajstić information content (AvgIpc) is 3.30. The highest BCUT2D eigenvalue weighted by molar-refractivity contribution is 6.34. The summed E-state index contributed by atoms with van der Waals surface area (Å²) in [6.45, 7) is 4.59. The predicted molar refractivity (Wildman–Crippen MR) is 143 cm³/mol. The maximum Gasteiger partial charge on any atom is 0.322 e. The number of nitrogens with one attached hydrogen (secondary N) is 2. The molecule has 38 heavy (non-hydrogen) atoms. The second-order valence-corrected chi connectivity index (χ2v) is 11.2. The van der Waals surface area contributed by atoms with Crippen molar-refractivity contribution in [2.45, 2.75) is 64.1 Å². The van der Waals surface area contributed by atoms with E-state index < -0.39 is 17.4 Å². The molecule has 9 heteroatoms. The Kier molecular flexibility index (Phi) is 8.35. The predicted octanol–water partition coefficient (Wildman–Crippen LogP) is 3.99. The normalized spacial score (nSPS) is 19.0. The Hall–Kier alpha value is -3.46. The van der Waals surface area contributed by atoms with Gasteiger partial charge >= 0.3 is 17.8 Å². The fourth-order valence-corrected chi connectivity index (χ4v) is 5.39. The average molecular weight is 525 g/mol. The molecule has 2 aromatic rings. The zero-order valence-corrected chi connectivity index (χ0v) is 22.3. The van der Waals surface area contributed by atoms with Gasteiger partial charge in [-0.15, -0.1) is 0 Å². The summed E-state index contributed by atoms with van der Waals surface area (Å²) in [6, 6.07) is 12.4. The minimum atomic E-state index is -1.06. The van der Waals surface area contributed by atoms with Gasteiger partial charge in [-0.3, -0.25) is 9.59 Å². The number of rotatable bonds is 6. The maximum absolute atomic E-state index is 13.5. The summed E-state index contributed by atoms with van der Waals surface area (Å²) in [5, 5.41) is 15.5. The molecule has 0 spiro atoms. The van der Waals surface area contributed by atoms with E-state index in [9.17, 15) is 23.9 Å². The zero-order chi connectivity index (χ0) is 27.4. The number of anilines is 1. The van der Waals surface area contributed by atoms with Gasteiger partial charge < -0.3 is 25.5 Å². The number of carbonyl (C=O) groups is 3. The Labute approximate surface area is 223 Å². The Morgan fingerprint density at radius 1 is 1.03 bits per heavy atom. The Balaban J connectivity index is 1.20. The van der Waals surface area contributed by atoms with E-state index >= 15 is 0 Å². The van der Waals surface area contributed by atoms with E-state index in [1.807, 2.05) is 24.3 Å². The van der Waals surface area contributed by atoms with Crippen LogP contribution in [0, 0.1) is 11.7 Å². The van der Waals surface area contributed by atoms with Crippen LogP contribution in [-0.4, -0.2) is 58.5 Å². The lowest BCUT2D eigenvalue weighted by atomic mass is 9.78. The molecule has 0 radical (unpaired) electrons. The molecule has 1 fully saturated rings. The van der Waals surface area contributed by atoms with Crippen molar-refractivity contribution in [3.05, 3.63) is 65.0 Å². The number of carbonyl (C=O) groups excluding carboxylic acids is 3. The van der Waals surface area contributed by atoms with E-state index in [-0.39, 0.29) is 18.4 Å². The second kappa shape index (κ2) is 11.5. The van der Waals surface area contributed by atoms with Crippen LogP contribution in [0.5, 0.6) is 0 Å². The molecule has 2 aromatic carbocycles. The molecule has 2 aliphatic rings. The Bertz CT molecular complexity index is 1170. The number of likely N-dealkylation sites (N-methyl/N-ethyl adjacent to an activating group) is 1. The quantitative estimate of drug-likeness (QED) is 0.498. The van der Waals surface area contributed by atoms with Crippen LogP contribution in [0.2, 0.25) is 0 Å². The third kappa shape index (κ3) is 7.10. The number of halogens is 1. The fraction of sp³-hybridized carbons (Fsp3) is 0.483. The molecule has 1 saturated carbocycles. The van der Waals surface area contributed by atoms with Gasteiger partial charge in [0.2, 0.25) is 0 Å². The first-order valence-corrected chi connectivity index (χ1v) is 13.2. The number of urea groups is 1. The van der Waals surface area contributed by atoms with E-state index in [0.717, 1.165) is 42.5 Å². The number of hydrogen-bond donors (Lipinski definition) is 3. The molecule has 1 aliphatic carbocycles. The summed E-state index contributed by atoms with van der Waals surface area (Å²) in [7, 11) is 1.51. The minimum absolute atomic E-state index is 0.0839. The summed E-state index contributed by atoms with van der Waals surface area (Å²) in [5.41, 5.74) is 2.69. The number of fused-ring (bicyclic) bond motifs is 1. The summed E-state index contributed by atoms with van der Waals surface area (Å²) in [5.74, 6) is -0.840. The summed E-state index contributed by atoms with van der Waals surface area (Å²) >= 11 is 0. The highest BCUT2D eigenvalue weighted by atomic mass is 19.1. The van der Waals surface area contributed by atoms with Crippen LogP contribution in [0.3, 0.4) is 0 Å². The molecule has 0 aromatic heterocycles. The lowest BCUT2D eigenvalue weighted by Crippen LogP contribution is -2.47. The van der Waals surface area contributed by atoms with E-state index in [1.165, 1.54) is 29.6 Å². The van der Waals surface area contributed by atoms with Gasteiger partial charge in [0.1, 0.15) is 5.82 Å². The van der Waals surface area contributed by atoms with Crippen LogP contribution in [0.25, 0.3) is 0 Å². The van der Waals surface area contributed by atoms with Crippen molar-refractivity contribution in [3.63, 3.8) is 0 Å². The van der Waals surface area contributed by atoms with E-state index in [0.29, 0.717) is 31.5 Å². The monoisotopic (exact) mass is 524 g/mol. The standard InChI is InChI=1S/C29H37FN4O4/c1-29(2,38)18-33(3)27(36)26(35)31-15-19-4-6-20(7-5-19)21-9-12-25(13-10-21)32-28(37)34-16-22-8-11-24(30)14-23(22)17-34/h8-14,19-20,38H,4-7,15-18H2,1-3H3,(H,31,35)(H,32,37). The van der Waals surface area contributed by atoms with Crippen molar-refractivity contribution in [1.29, 1.82) is 0 Å². The van der Waals surface area contributed by atoms with Crippen LogP contribution in [-0.2, 0) is 22.7 Å². The molecule has 0 saturated heterocycles. The number of benzene rings is 2. The highest BCUT2D eigenvalue weighted by Crippen LogP contribution is 2.36. The van der Waals surface area contributed by atoms with Crippen LogP contribution in [0.1, 0.15) is 62.1 Å². The van der Waals surface area contributed by atoms with Crippen LogP contribution < -0.4 is 10.6 Å². The lowest BCUT2D eigenvalue weighted by Gasteiger charge is -2.29. The molecule has 204 valence electrons. The molecule has 0 atom stereocenters. The smallest absolute Gasteiger partial charge is 0.322 e. The Morgan fingerprint density at radius 2 is 1.68 bits per heavy atom. The largest absolute Gasteiger partial charge is 0.389 e. The maximum atomic E-state index is 13.5. The van der Waals surface area contributed by atoms with Crippen molar-refractivity contribution < 1.29 is 23.9 Å². The Morgan fingerprint density at radius 3 is 2.34 bits per heavy atom. The van der Waals surface area contributed by atoms with Crippen molar-refractivity contribution >= 4 is 23.5 Å². The number of hydrogen-bond acceptors (Lipinski definition) is 4. The van der Waals surface area contributed by atoms with Gasteiger partial charge in [-0.1, -0.05) is 18.2 Å². The highest BCUT2D eigenvalue weighted by Gasteiger charge is 2.27. The van der Waals surface area contributed by atoms with Crippen molar-refractivity contribution in [2.75, 3.05) is 25.5 Å². The third-order valence-electron chi connectivity index (χ3n) is 7.37. The van der Waals surface area contributed by atoms with Crippen LogP contribution in [0.15, 0.2) is 42.5 Å². The molecule has 0 unspecified atom stereocenters.